The van der Waals surface area contributed by atoms with Crippen molar-refractivity contribution in [1.29, 1.82) is 0 Å². The Morgan fingerprint density at radius 3 is 1.30 bits per heavy atom. The van der Waals surface area contributed by atoms with Gasteiger partial charge < -0.3 is 4.90 Å². The van der Waals surface area contributed by atoms with Crippen LogP contribution in [-0.2, 0) is 10.8 Å². The second kappa shape index (κ2) is 17.1. The lowest BCUT2D eigenvalue weighted by Gasteiger charge is -2.34. The van der Waals surface area contributed by atoms with Crippen LogP contribution < -0.4 is 4.90 Å². The minimum Gasteiger partial charge on any atom is -0.309 e. The maximum atomic E-state index is 2.52. The van der Waals surface area contributed by atoms with E-state index in [4.69, 9.17) is 0 Å². The van der Waals surface area contributed by atoms with E-state index in [1.165, 1.54) is 143 Å². The molecule has 0 N–H and O–H groups in total. The second-order valence-corrected chi connectivity index (χ2v) is 21.9. The summed E-state index contributed by atoms with van der Waals surface area (Å²) >= 11 is 0. The molecule has 0 saturated heterocycles. The lowest BCUT2D eigenvalue weighted by molar-refractivity contribution is 0.660. The van der Waals surface area contributed by atoms with Gasteiger partial charge in [0.2, 0.25) is 0 Å². The molecule has 0 unspecified atom stereocenters. The SMILES string of the molecule is Cc1ccc(N(c2ccc3c(c2)C(C)(C)c2cc(-c4c5ccccc5c(-c5cccc6c5-c5ccccc5C6(c5ccccc5)c5ccccc5)c5ccccc45)ccc2-3)c2ccc(C)c3ccccc23)c2ccccc12. The van der Waals surface area contributed by atoms with E-state index in [1.807, 2.05) is 0 Å². The highest BCUT2D eigenvalue weighted by atomic mass is 15.1. The van der Waals surface area contributed by atoms with Gasteiger partial charge in [-0.1, -0.05) is 244 Å². The Labute approximate surface area is 451 Å². The van der Waals surface area contributed by atoms with Gasteiger partial charge in [0, 0.05) is 21.9 Å². The average Bonchev–Trinajstić information content (AvgIpc) is 4.18. The zero-order valence-corrected chi connectivity index (χ0v) is 43.8. The summed E-state index contributed by atoms with van der Waals surface area (Å²) in [6.07, 6.45) is 0. The van der Waals surface area contributed by atoms with Crippen molar-refractivity contribution in [2.75, 3.05) is 4.90 Å². The van der Waals surface area contributed by atoms with Crippen LogP contribution in [0.15, 0.2) is 261 Å². The molecule has 2 aliphatic carbocycles. The van der Waals surface area contributed by atoms with Crippen LogP contribution in [0.3, 0.4) is 0 Å². The van der Waals surface area contributed by atoms with Crippen LogP contribution in [0, 0.1) is 13.8 Å². The summed E-state index contributed by atoms with van der Waals surface area (Å²) in [4.78, 5) is 2.51. The molecule has 0 amide bonds. The lowest BCUT2D eigenvalue weighted by atomic mass is 9.67. The number of fused-ring (bicyclic) bond motifs is 10. The lowest BCUT2D eigenvalue weighted by Crippen LogP contribution is -2.28. The van der Waals surface area contributed by atoms with Crippen molar-refractivity contribution in [3.8, 4) is 44.5 Å². The third-order valence-corrected chi connectivity index (χ3v) is 17.6. The molecule has 0 bridgehead atoms. The Morgan fingerprint density at radius 2 is 0.727 bits per heavy atom. The molecule has 2 aliphatic rings. The first-order valence-electron chi connectivity index (χ1n) is 27.2. The Balaban J connectivity index is 0.910. The minimum absolute atomic E-state index is 0.291. The van der Waals surface area contributed by atoms with E-state index in [0.29, 0.717) is 0 Å². The van der Waals surface area contributed by atoms with E-state index in [0.717, 1.165) is 5.69 Å². The molecule has 0 aromatic heterocycles. The summed E-state index contributed by atoms with van der Waals surface area (Å²) in [6.45, 7) is 9.29. The molecule has 0 spiro atoms. The van der Waals surface area contributed by atoms with Crippen LogP contribution in [0.1, 0.15) is 58.4 Å². The van der Waals surface area contributed by atoms with Gasteiger partial charge in [-0.25, -0.2) is 0 Å². The highest BCUT2D eigenvalue weighted by Crippen LogP contribution is 2.60. The van der Waals surface area contributed by atoms with Gasteiger partial charge >= 0.3 is 0 Å². The van der Waals surface area contributed by atoms with Gasteiger partial charge in [-0.15, -0.1) is 0 Å². The first-order chi connectivity index (χ1) is 37.8. The molecule has 0 heterocycles. The molecule has 1 heteroatoms. The smallest absolute Gasteiger partial charge is 0.0713 e. The Hall–Kier alpha value is -9.30. The monoisotopic (exact) mass is 981 g/mol. The summed E-state index contributed by atoms with van der Waals surface area (Å²) in [7, 11) is 0. The van der Waals surface area contributed by atoms with Crippen molar-refractivity contribution < 1.29 is 0 Å². The fraction of sp³-hybridized carbons (Fsp3) is 0.0789. The molecule has 0 radical (unpaired) electrons. The summed E-state index contributed by atoms with van der Waals surface area (Å²) in [5.41, 5.74) is 23.4. The number of rotatable bonds is 7. The van der Waals surface area contributed by atoms with E-state index in [1.54, 1.807) is 0 Å². The van der Waals surface area contributed by atoms with E-state index >= 15 is 0 Å². The van der Waals surface area contributed by atoms with Crippen molar-refractivity contribution in [2.45, 2.75) is 38.5 Å². The fourth-order valence-corrected chi connectivity index (χ4v) is 14.1. The second-order valence-electron chi connectivity index (χ2n) is 21.9. The third kappa shape index (κ3) is 6.47. The fourth-order valence-electron chi connectivity index (χ4n) is 14.1. The predicted octanol–water partition coefficient (Wildman–Crippen LogP) is 20.4. The molecule has 13 aromatic rings. The summed E-state index contributed by atoms with van der Waals surface area (Å²) in [6, 6.07) is 98.3. The van der Waals surface area contributed by atoms with E-state index in [-0.39, 0.29) is 5.41 Å². The van der Waals surface area contributed by atoms with Gasteiger partial charge in [0.1, 0.15) is 0 Å². The molecular weight excluding hydrogens is 927 g/mol. The Morgan fingerprint density at radius 1 is 0.286 bits per heavy atom. The van der Waals surface area contributed by atoms with E-state index in [2.05, 4.69) is 293 Å². The Kier molecular flexibility index (Phi) is 10.0. The molecule has 15 rings (SSSR count). The zero-order chi connectivity index (χ0) is 51.6. The van der Waals surface area contributed by atoms with Crippen LogP contribution in [0.2, 0.25) is 0 Å². The number of anilines is 3. The highest BCUT2D eigenvalue weighted by molar-refractivity contribution is 6.23. The minimum atomic E-state index is -0.492. The molecular formula is C76H55N. The van der Waals surface area contributed by atoms with Crippen molar-refractivity contribution >= 4 is 60.2 Å². The largest absolute Gasteiger partial charge is 0.309 e. The number of nitrogens with zero attached hydrogens (tertiary/aromatic N) is 1. The molecule has 0 fully saturated rings. The predicted molar refractivity (Wildman–Crippen MR) is 326 cm³/mol. The van der Waals surface area contributed by atoms with E-state index in [9.17, 15) is 0 Å². The van der Waals surface area contributed by atoms with Gasteiger partial charge in [-0.3, -0.25) is 0 Å². The van der Waals surface area contributed by atoms with Gasteiger partial charge in [-0.05, 0) is 166 Å². The standard InChI is InChI=1S/C76H55N/c1-48-38-44-70(58-28-13-11-26-54(48)58)77(71-45-39-49(2)55-27-12-14-29-59(55)71)53-41-43-57-56-42-40-50(46-68(56)75(3,4)69(57)47-53)72-60-30-15-17-32-62(60)73(63-33-18-16-31-61(63)72)65-35-21-37-67-74(65)64-34-19-20-36-66(64)76(67,51-22-7-5-8-23-51)52-24-9-6-10-25-52/h5-47H,1-4H3. The number of benzene rings is 13. The molecule has 0 saturated carbocycles. The highest BCUT2D eigenvalue weighted by Gasteiger charge is 2.47. The van der Waals surface area contributed by atoms with Gasteiger partial charge in [0.05, 0.1) is 16.8 Å². The Bertz CT molecular complexity index is 4380. The quantitative estimate of drug-likeness (QED) is 0.144. The summed E-state index contributed by atoms with van der Waals surface area (Å²) < 4.78 is 0. The van der Waals surface area contributed by atoms with Crippen LogP contribution in [0.5, 0.6) is 0 Å². The third-order valence-electron chi connectivity index (χ3n) is 17.6. The van der Waals surface area contributed by atoms with Gasteiger partial charge in [0.25, 0.3) is 0 Å². The maximum absolute atomic E-state index is 2.52. The van der Waals surface area contributed by atoms with Crippen LogP contribution in [0.4, 0.5) is 17.1 Å². The topological polar surface area (TPSA) is 3.24 Å². The molecule has 13 aromatic carbocycles. The van der Waals surface area contributed by atoms with E-state index < -0.39 is 5.41 Å². The van der Waals surface area contributed by atoms with Crippen molar-refractivity contribution in [3.63, 3.8) is 0 Å². The molecule has 1 nitrogen and oxygen atoms in total. The molecule has 0 aliphatic heterocycles. The van der Waals surface area contributed by atoms with Crippen LogP contribution >= 0.6 is 0 Å². The normalized spacial score (nSPS) is 13.7. The average molecular weight is 982 g/mol. The van der Waals surface area contributed by atoms with Crippen LogP contribution in [0.25, 0.3) is 87.6 Å². The van der Waals surface area contributed by atoms with Crippen LogP contribution in [-0.4, -0.2) is 0 Å². The number of hydrogen-bond acceptors (Lipinski definition) is 1. The number of hydrogen-bond donors (Lipinski definition) is 0. The molecule has 0 atom stereocenters. The van der Waals surface area contributed by atoms with Crippen molar-refractivity contribution in [1.82, 2.24) is 0 Å². The number of aryl methyl sites for hydroxylation is 2. The molecule has 364 valence electrons. The summed E-state index contributed by atoms with van der Waals surface area (Å²) in [5.74, 6) is 0. The first kappa shape index (κ1) is 45.1. The van der Waals surface area contributed by atoms with Gasteiger partial charge in [0.15, 0.2) is 0 Å². The maximum Gasteiger partial charge on any atom is 0.0713 e. The van der Waals surface area contributed by atoms with Crippen molar-refractivity contribution in [3.05, 3.63) is 305 Å². The molecule has 77 heavy (non-hydrogen) atoms. The summed E-state index contributed by atoms with van der Waals surface area (Å²) in [5, 5.41) is 10.0. The van der Waals surface area contributed by atoms with Crippen molar-refractivity contribution in [2.24, 2.45) is 0 Å². The van der Waals surface area contributed by atoms with Gasteiger partial charge in [-0.2, -0.15) is 0 Å². The zero-order valence-electron chi connectivity index (χ0n) is 43.8. The first-order valence-corrected chi connectivity index (χ1v) is 27.2.